The number of nitrogens with zero attached hydrogens (tertiary/aromatic N) is 4. The number of amides is 3. The molecule has 2 aromatic rings. The van der Waals surface area contributed by atoms with Gasteiger partial charge < -0.3 is 26.2 Å². The summed E-state index contributed by atoms with van der Waals surface area (Å²) in [5.41, 5.74) is 8.30. The molecule has 1 saturated heterocycles. The van der Waals surface area contributed by atoms with E-state index in [1.165, 1.54) is 0 Å². The summed E-state index contributed by atoms with van der Waals surface area (Å²) in [6.07, 6.45) is 8.26. The molecule has 1 aromatic carbocycles. The molecule has 0 spiro atoms. The van der Waals surface area contributed by atoms with E-state index in [2.05, 4.69) is 27.7 Å². The van der Waals surface area contributed by atoms with Crippen molar-refractivity contribution in [1.29, 1.82) is 0 Å². The highest BCUT2D eigenvalue weighted by Gasteiger charge is 2.32. The van der Waals surface area contributed by atoms with Crippen molar-refractivity contribution in [3.8, 4) is 0 Å². The molecular formula is C30H45N7O3. The molecule has 4 rings (SSSR count). The first-order chi connectivity index (χ1) is 19.2. The lowest BCUT2D eigenvalue weighted by Gasteiger charge is -2.33. The molecule has 4 N–H and O–H groups in total. The highest BCUT2D eigenvalue weighted by atomic mass is 16.2. The average molecular weight is 552 g/mol. The van der Waals surface area contributed by atoms with Crippen molar-refractivity contribution in [2.24, 2.45) is 11.7 Å². The molecular weight excluding hydrogens is 506 g/mol. The van der Waals surface area contributed by atoms with Crippen LogP contribution >= 0.6 is 0 Å². The predicted molar refractivity (Wildman–Crippen MR) is 156 cm³/mol. The molecule has 1 aromatic heterocycles. The predicted octanol–water partition coefficient (Wildman–Crippen LogP) is 2.82. The van der Waals surface area contributed by atoms with Crippen LogP contribution in [0.4, 0.5) is 5.69 Å². The standard InChI is InChI=1S/C30H45N7O3/c1-21(2)37-26(14-15-32-37)28(38)34-27(23-8-6-4-5-7-9-23)29(39)33-24-12-10-22(11-13-24)20-25(31)30(40)36-18-16-35(3)17-19-36/h10-15,21,23,25,27H,4-9,16-20,31H2,1-3H3,(H,33,39)(H,34,38). The van der Waals surface area contributed by atoms with Crippen molar-refractivity contribution in [2.45, 2.75) is 76.9 Å². The van der Waals surface area contributed by atoms with Crippen molar-refractivity contribution in [3.05, 3.63) is 47.8 Å². The number of hydrogen-bond acceptors (Lipinski definition) is 6. The molecule has 1 saturated carbocycles. The SMILES string of the molecule is CC(C)n1nccc1C(=O)NC(C(=O)Nc1ccc(CC(N)C(=O)N2CCN(C)CC2)cc1)C1CCCCCC1. The smallest absolute Gasteiger partial charge is 0.270 e. The van der Waals surface area contributed by atoms with Crippen molar-refractivity contribution >= 4 is 23.4 Å². The van der Waals surface area contributed by atoms with Crippen LogP contribution in [-0.2, 0) is 16.0 Å². The molecule has 1 aliphatic heterocycles. The lowest BCUT2D eigenvalue weighted by atomic mass is 9.91. The number of rotatable bonds is 9. The van der Waals surface area contributed by atoms with Crippen LogP contribution in [0.1, 0.15) is 74.5 Å². The van der Waals surface area contributed by atoms with Crippen LogP contribution < -0.4 is 16.4 Å². The Balaban J connectivity index is 1.40. The van der Waals surface area contributed by atoms with E-state index in [0.717, 1.165) is 57.2 Å². The van der Waals surface area contributed by atoms with Gasteiger partial charge in [-0.15, -0.1) is 0 Å². The maximum Gasteiger partial charge on any atom is 0.270 e. The number of nitrogens with one attached hydrogen (secondary N) is 2. The molecule has 10 nitrogen and oxygen atoms in total. The first-order valence-electron chi connectivity index (χ1n) is 14.7. The minimum absolute atomic E-state index is 0.0220. The summed E-state index contributed by atoms with van der Waals surface area (Å²) in [6.45, 7) is 7.06. The van der Waals surface area contributed by atoms with Crippen LogP contribution in [0.3, 0.4) is 0 Å². The molecule has 40 heavy (non-hydrogen) atoms. The normalized spacial score (nSPS) is 18.7. The van der Waals surface area contributed by atoms with Crippen LogP contribution in [0.25, 0.3) is 0 Å². The van der Waals surface area contributed by atoms with Gasteiger partial charge in [0.2, 0.25) is 11.8 Å². The third kappa shape index (κ3) is 7.69. The van der Waals surface area contributed by atoms with Gasteiger partial charge in [-0.1, -0.05) is 37.8 Å². The number of carbonyl (C=O) groups is 3. The lowest BCUT2D eigenvalue weighted by molar-refractivity contribution is -0.134. The second-order valence-corrected chi connectivity index (χ2v) is 11.6. The second-order valence-electron chi connectivity index (χ2n) is 11.6. The molecule has 218 valence electrons. The van der Waals surface area contributed by atoms with E-state index in [4.69, 9.17) is 5.73 Å². The van der Waals surface area contributed by atoms with Crippen molar-refractivity contribution in [1.82, 2.24) is 24.9 Å². The highest BCUT2D eigenvalue weighted by molar-refractivity contribution is 6.00. The Morgan fingerprint density at radius 1 is 0.975 bits per heavy atom. The molecule has 0 radical (unpaired) electrons. The summed E-state index contributed by atoms with van der Waals surface area (Å²) >= 11 is 0. The fourth-order valence-electron chi connectivity index (χ4n) is 5.71. The lowest BCUT2D eigenvalue weighted by Crippen LogP contribution is -2.52. The van der Waals surface area contributed by atoms with Gasteiger partial charge in [0.1, 0.15) is 11.7 Å². The molecule has 10 heteroatoms. The number of nitrogens with two attached hydrogens (primary N) is 1. The summed E-state index contributed by atoms with van der Waals surface area (Å²) in [6, 6.07) is 7.94. The van der Waals surface area contributed by atoms with Crippen LogP contribution in [0.2, 0.25) is 0 Å². The van der Waals surface area contributed by atoms with Crippen LogP contribution in [0, 0.1) is 5.92 Å². The summed E-state index contributed by atoms with van der Waals surface area (Å²) in [5.74, 6) is -0.457. The summed E-state index contributed by atoms with van der Waals surface area (Å²) in [7, 11) is 2.05. The van der Waals surface area contributed by atoms with Gasteiger partial charge in [-0.25, -0.2) is 0 Å². The number of carbonyl (C=O) groups excluding carboxylic acids is 3. The van der Waals surface area contributed by atoms with Crippen molar-refractivity contribution < 1.29 is 14.4 Å². The van der Waals surface area contributed by atoms with Crippen LogP contribution in [-0.4, -0.2) is 82.6 Å². The van der Waals surface area contributed by atoms with Crippen LogP contribution in [0.5, 0.6) is 0 Å². The largest absolute Gasteiger partial charge is 0.339 e. The fourth-order valence-corrected chi connectivity index (χ4v) is 5.71. The molecule has 0 bridgehead atoms. The number of benzene rings is 1. The van der Waals surface area contributed by atoms with Crippen LogP contribution in [0.15, 0.2) is 36.5 Å². The molecule has 1 aliphatic carbocycles. The molecule has 2 aliphatic rings. The number of piperazine rings is 1. The number of hydrogen-bond donors (Lipinski definition) is 3. The Morgan fingerprint density at radius 2 is 1.62 bits per heavy atom. The Morgan fingerprint density at radius 3 is 2.25 bits per heavy atom. The Kier molecular flexibility index (Phi) is 10.3. The minimum atomic E-state index is -0.643. The van der Waals surface area contributed by atoms with Crippen molar-refractivity contribution in [2.75, 3.05) is 38.5 Å². The zero-order chi connectivity index (χ0) is 28.6. The third-order valence-electron chi connectivity index (χ3n) is 8.14. The van der Waals surface area contributed by atoms with E-state index in [0.29, 0.717) is 30.9 Å². The van der Waals surface area contributed by atoms with E-state index < -0.39 is 12.1 Å². The first kappa shape index (κ1) is 29.7. The van der Waals surface area contributed by atoms with E-state index >= 15 is 0 Å². The van der Waals surface area contributed by atoms with Gasteiger partial charge in [-0.05, 0) is 69.8 Å². The van der Waals surface area contributed by atoms with Gasteiger partial charge in [0.25, 0.3) is 5.91 Å². The Labute approximate surface area is 237 Å². The monoisotopic (exact) mass is 551 g/mol. The molecule has 2 unspecified atom stereocenters. The first-order valence-corrected chi connectivity index (χ1v) is 14.7. The maximum absolute atomic E-state index is 13.6. The topological polar surface area (TPSA) is 126 Å². The van der Waals surface area contributed by atoms with E-state index in [9.17, 15) is 14.4 Å². The molecule has 2 heterocycles. The van der Waals surface area contributed by atoms with Gasteiger partial charge in [0.05, 0.1) is 6.04 Å². The van der Waals surface area contributed by atoms with Gasteiger partial charge in [0.15, 0.2) is 0 Å². The van der Waals surface area contributed by atoms with Gasteiger partial charge in [0, 0.05) is 44.1 Å². The highest BCUT2D eigenvalue weighted by Crippen LogP contribution is 2.27. The average Bonchev–Trinajstić information content (AvgIpc) is 3.29. The zero-order valence-corrected chi connectivity index (χ0v) is 24.1. The Bertz CT molecular complexity index is 1130. The maximum atomic E-state index is 13.6. The summed E-state index contributed by atoms with van der Waals surface area (Å²) in [5, 5.41) is 10.3. The van der Waals surface area contributed by atoms with Gasteiger partial charge in [-0.3, -0.25) is 19.1 Å². The number of aromatic nitrogens is 2. The molecule has 3 amide bonds. The zero-order valence-electron chi connectivity index (χ0n) is 24.1. The van der Waals surface area contributed by atoms with Gasteiger partial charge in [-0.2, -0.15) is 5.10 Å². The van der Waals surface area contributed by atoms with Gasteiger partial charge >= 0.3 is 0 Å². The van der Waals surface area contributed by atoms with E-state index in [1.54, 1.807) is 16.9 Å². The third-order valence-corrected chi connectivity index (χ3v) is 8.14. The minimum Gasteiger partial charge on any atom is -0.339 e. The van der Waals surface area contributed by atoms with E-state index in [1.807, 2.05) is 43.0 Å². The fraction of sp³-hybridized carbons (Fsp3) is 0.600. The van der Waals surface area contributed by atoms with Crippen molar-refractivity contribution in [3.63, 3.8) is 0 Å². The second kappa shape index (κ2) is 13.9. The molecule has 2 atom stereocenters. The van der Waals surface area contributed by atoms with E-state index in [-0.39, 0.29) is 29.7 Å². The number of anilines is 1. The number of likely N-dealkylation sites (N-methyl/N-ethyl adjacent to an activating group) is 1. The Hall–Kier alpha value is -3.24. The summed E-state index contributed by atoms with van der Waals surface area (Å²) in [4.78, 5) is 43.7. The summed E-state index contributed by atoms with van der Waals surface area (Å²) < 4.78 is 1.68. The quantitative estimate of drug-likeness (QED) is 0.412. The molecule has 2 fully saturated rings.